The first-order chi connectivity index (χ1) is 14.3. The fraction of sp³-hybridized carbons (Fsp3) is 0.190. The van der Waals surface area contributed by atoms with Crippen LogP contribution in [-0.4, -0.2) is 24.5 Å². The molecule has 0 aliphatic rings. The minimum atomic E-state index is -0.714. The summed E-state index contributed by atoms with van der Waals surface area (Å²) in [7, 11) is 1.64. The van der Waals surface area contributed by atoms with E-state index >= 15 is 0 Å². The molecule has 0 bridgehead atoms. The maximum atomic E-state index is 12.4. The van der Waals surface area contributed by atoms with E-state index in [1.165, 1.54) is 4.68 Å². The fourth-order valence-corrected chi connectivity index (χ4v) is 3.63. The Kier molecular flexibility index (Phi) is 4.57. The topological polar surface area (TPSA) is 129 Å². The number of hydrogen-bond donors (Lipinski definition) is 2. The second-order valence-electron chi connectivity index (χ2n) is 7.21. The first-order valence-corrected chi connectivity index (χ1v) is 9.31. The van der Waals surface area contributed by atoms with Crippen LogP contribution in [0.1, 0.15) is 22.4 Å². The summed E-state index contributed by atoms with van der Waals surface area (Å²) in [6.07, 6.45) is 0.517. The maximum absolute atomic E-state index is 12.4. The van der Waals surface area contributed by atoms with Gasteiger partial charge in [-0.25, -0.2) is 9.48 Å². The summed E-state index contributed by atoms with van der Waals surface area (Å²) in [5.41, 5.74) is 8.20. The van der Waals surface area contributed by atoms with Gasteiger partial charge in [-0.3, -0.25) is 14.6 Å². The Morgan fingerprint density at radius 2 is 1.63 bits per heavy atom. The molecule has 0 aliphatic carbocycles. The molecule has 0 amide bonds. The SMILES string of the molecule is Cc1cc(-n2nc(N)c(=O)[nH]c2=O)cc(C)c1Cc1nn(C)c(=O)c2ccccc12. The van der Waals surface area contributed by atoms with E-state index < -0.39 is 11.2 Å². The van der Waals surface area contributed by atoms with Gasteiger partial charge in [0.1, 0.15) is 0 Å². The molecule has 30 heavy (non-hydrogen) atoms. The molecule has 0 unspecified atom stereocenters. The normalized spacial score (nSPS) is 11.2. The van der Waals surface area contributed by atoms with Crippen LogP contribution in [0.5, 0.6) is 0 Å². The Labute approximate surface area is 170 Å². The number of aromatic nitrogens is 5. The van der Waals surface area contributed by atoms with Gasteiger partial charge in [-0.1, -0.05) is 18.2 Å². The van der Waals surface area contributed by atoms with Crippen LogP contribution in [0.4, 0.5) is 5.82 Å². The third-order valence-corrected chi connectivity index (χ3v) is 5.16. The number of nitrogens with two attached hydrogens (primary N) is 1. The minimum Gasteiger partial charge on any atom is -0.378 e. The number of aromatic amines is 1. The number of rotatable bonds is 3. The molecule has 3 N–H and O–H groups in total. The van der Waals surface area contributed by atoms with Crippen molar-refractivity contribution >= 4 is 16.6 Å². The van der Waals surface area contributed by atoms with Crippen molar-refractivity contribution in [1.29, 1.82) is 0 Å². The van der Waals surface area contributed by atoms with Crippen LogP contribution in [0.25, 0.3) is 16.5 Å². The summed E-state index contributed by atoms with van der Waals surface area (Å²) in [5, 5.41) is 9.80. The number of H-pyrrole nitrogens is 1. The molecule has 0 atom stereocenters. The number of nitrogens with one attached hydrogen (secondary N) is 1. The van der Waals surface area contributed by atoms with Gasteiger partial charge in [-0.15, -0.1) is 5.10 Å². The van der Waals surface area contributed by atoms with Crippen molar-refractivity contribution < 1.29 is 0 Å². The lowest BCUT2D eigenvalue weighted by Gasteiger charge is -2.15. The van der Waals surface area contributed by atoms with E-state index in [0.29, 0.717) is 17.5 Å². The van der Waals surface area contributed by atoms with Crippen LogP contribution in [-0.2, 0) is 13.5 Å². The predicted molar refractivity (Wildman–Crippen MR) is 114 cm³/mol. The zero-order valence-electron chi connectivity index (χ0n) is 16.8. The number of fused-ring (bicyclic) bond motifs is 1. The average molecular weight is 404 g/mol. The number of aryl methyl sites for hydroxylation is 3. The molecule has 9 heteroatoms. The van der Waals surface area contributed by atoms with Crippen molar-refractivity contribution in [3.63, 3.8) is 0 Å². The van der Waals surface area contributed by atoms with Crippen LogP contribution in [0.3, 0.4) is 0 Å². The summed E-state index contributed by atoms with van der Waals surface area (Å²) in [5.74, 6) is -0.283. The molecule has 0 spiro atoms. The van der Waals surface area contributed by atoms with E-state index in [9.17, 15) is 14.4 Å². The van der Waals surface area contributed by atoms with Crippen molar-refractivity contribution in [2.24, 2.45) is 7.05 Å². The van der Waals surface area contributed by atoms with Gasteiger partial charge < -0.3 is 5.73 Å². The molecule has 4 aromatic rings. The number of nitrogen functional groups attached to an aromatic ring is 1. The molecule has 0 saturated carbocycles. The van der Waals surface area contributed by atoms with Gasteiger partial charge in [-0.05, 0) is 48.7 Å². The highest BCUT2D eigenvalue weighted by atomic mass is 16.2. The monoisotopic (exact) mass is 404 g/mol. The summed E-state index contributed by atoms with van der Waals surface area (Å²) in [4.78, 5) is 38.2. The van der Waals surface area contributed by atoms with Crippen molar-refractivity contribution in [1.82, 2.24) is 24.5 Å². The summed E-state index contributed by atoms with van der Waals surface area (Å²) >= 11 is 0. The van der Waals surface area contributed by atoms with Crippen LogP contribution in [0, 0.1) is 13.8 Å². The highest BCUT2D eigenvalue weighted by Crippen LogP contribution is 2.23. The van der Waals surface area contributed by atoms with Crippen LogP contribution in [0.2, 0.25) is 0 Å². The van der Waals surface area contributed by atoms with E-state index in [0.717, 1.165) is 32.5 Å². The number of nitrogens with zero attached hydrogens (tertiary/aromatic N) is 4. The Bertz CT molecular complexity index is 1460. The molecule has 0 fully saturated rings. The van der Waals surface area contributed by atoms with Gasteiger partial charge in [0.05, 0.1) is 16.8 Å². The Morgan fingerprint density at radius 1 is 1.00 bits per heavy atom. The first kappa shape index (κ1) is 19.3. The molecule has 2 aromatic carbocycles. The Morgan fingerprint density at radius 3 is 2.30 bits per heavy atom. The molecule has 9 nitrogen and oxygen atoms in total. The first-order valence-electron chi connectivity index (χ1n) is 9.31. The van der Waals surface area contributed by atoms with Crippen molar-refractivity contribution in [3.05, 3.63) is 90.0 Å². The van der Waals surface area contributed by atoms with Crippen molar-refractivity contribution in [3.8, 4) is 5.69 Å². The third kappa shape index (κ3) is 3.20. The number of benzene rings is 2. The third-order valence-electron chi connectivity index (χ3n) is 5.16. The summed E-state index contributed by atoms with van der Waals surface area (Å²) in [6, 6.07) is 11.0. The fourth-order valence-electron chi connectivity index (χ4n) is 3.63. The lowest BCUT2D eigenvalue weighted by Crippen LogP contribution is -2.33. The van der Waals surface area contributed by atoms with E-state index in [-0.39, 0.29) is 11.4 Å². The molecule has 4 rings (SSSR count). The second-order valence-corrected chi connectivity index (χ2v) is 7.21. The lowest BCUT2D eigenvalue weighted by atomic mass is 9.96. The predicted octanol–water partition coefficient (Wildman–Crippen LogP) is 0.958. The second kappa shape index (κ2) is 7.11. The Balaban J connectivity index is 1.84. The number of anilines is 1. The largest absolute Gasteiger partial charge is 0.378 e. The molecular weight excluding hydrogens is 384 g/mol. The number of hydrogen-bond acceptors (Lipinski definition) is 6. The zero-order chi connectivity index (χ0) is 21.6. The van der Waals surface area contributed by atoms with Gasteiger partial charge in [0, 0.05) is 18.9 Å². The van der Waals surface area contributed by atoms with Crippen molar-refractivity contribution in [2.75, 3.05) is 5.73 Å². The molecule has 0 aliphatic heterocycles. The highest BCUT2D eigenvalue weighted by molar-refractivity contribution is 5.83. The van der Waals surface area contributed by atoms with Gasteiger partial charge in [0.25, 0.3) is 11.1 Å². The summed E-state index contributed by atoms with van der Waals surface area (Å²) < 4.78 is 2.42. The van der Waals surface area contributed by atoms with E-state index in [4.69, 9.17) is 5.73 Å². The zero-order valence-corrected chi connectivity index (χ0v) is 16.8. The average Bonchev–Trinajstić information content (AvgIpc) is 2.71. The van der Waals surface area contributed by atoms with Gasteiger partial charge in [0.2, 0.25) is 5.82 Å². The molecule has 0 radical (unpaired) electrons. The van der Waals surface area contributed by atoms with E-state index in [1.807, 2.05) is 32.0 Å². The molecule has 2 heterocycles. The molecule has 152 valence electrons. The Hall–Kier alpha value is -4.01. The smallest absolute Gasteiger partial charge is 0.349 e. The maximum Gasteiger partial charge on any atom is 0.349 e. The quantitative estimate of drug-likeness (QED) is 0.523. The lowest BCUT2D eigenvalue weighted by molar-refractivity contribution is 0.696. The van der Waals surface area contributed by atoms with E-state index in [2.05, 4.69) is 15.2 Å². The van der Waals surface area contributed by atoms with Crippen LogP contribution < -0.4 is 22.5 Å². The molecular formula is C21H20N6O3. The van der Waals surface area contributed by atoms with Crippen LogP contribution >= 0.6 is 0 Å². The summed E-state index contributed by atoms with van der Waals surface area (Å²) in [6.45, 7) is 3.85. The van der Waals surface area contributed by atoms with Gasteiger partial charge in [-0.2, -0.15) is 9.78 Å². The molecule has 2 aromatic heterocycles. The van der Waals surface area contributed by atoms with Gasteiger partial charge >= 0.3 is 5.69 Å². The van der Waals surface area contributed by atoms with E-state index in [1.54, 1.807) is 25.2 Å². The highest BCUT2D eigenvalue weighted by Gasteiger charge is 2.14. The molecule has 0 saturated heterocycles. The van der Waals surface area contributed by atoms with Gasteiger partial charge in [0.15, 0.2) is 0 Å². The van der Waals surface area contributed by atoms with Crippen LogP contribution in [0.15, 0.2) is 50.8 Å². The minimum absolute atomic E-state index is 0.140. The standard InChI is InChI=1S/C21H20N6O3/c1-11-8-13(27-21(30)23-19(28)18(22)25-27)9-12(2)16(11)10-17-14-6-4-5-7-15(14)20(29)26(3)24-17/h4-9H,10H2,1-3H3,(H2,22,25)(H,23,28,30). The van der Waals surface area contributed by atoms with Crippen molar-refractivity contribution in [2.45, 2.75) is 20.3 Å².